The standard InChI is InChI=1S/C24H32N4O3/c1-2-3-11-21(26-22(29)13-17-28-16-5-4-12-23(28)30)24(31)25-19-9-8-10-20(18-19)27-14-6-7-15-27/h4-5,8-10,12,16,18,21H,2-3,6-7,11,13-15,17H2,1H3,(H,25,31)(H,26,29). The number of aryl methyl sites for hydroxylation is 1. The van der Waals surface area contributed by atoms with E-state index in [4.69, 9.17) is 0 Å². The second-order valence-electron chi connectivity index (χ2n) is 7.98. The van der Waals surface area contributed by atoms with Gasteiger partial charge in [-0.15, -0.1) is 0 Å². The molecule has 0 bridgehead atoms. The number of nitrogens with one attached hydrogen (secondary N) is 2. The normalized spacial score (nSPS) is 14.3. The van der Waals surface area contributed by atoms with E-state index in [0.29, 0.717) is 6.42 Å². The molecule has 7 heteroatoms. The fraction of sp³-hybridized carbons (Fsp3) is 0.458. The predicted octanol–water partition coefficient (Wildman–Crippen LogP) is 3.15. The fourth-order valence-corrected chi connectivity index (χ4v) is 3.80. The van der Waals surface area contributed by atoms with Crippen LogP contribution in [0.3, 0.4) is 0 Å². The number of pyridine rings is 1. The molecule has 1 fully saturated rings. The summed E-state index contributed by atoms with van der Waals surface area (Å²) < 4.78 is 1.49. The lowest BCUT2D eigenvalue weighted by molar-refractivity contribution is -0.126. The lowest BCUT2D eigenvalue weighted by atomic mass is 10.1. The molecule has 2 amide bonds. The molecule has 1 aliphatic heterocycles. The van der Waals surface area contributed by atoms with E-state index in [1.807, 2.05) is 18.2 Å². The van der Waals surface area contributed by atoms with Crippen LogP contribution < -0.4 is 21.1 Å². The fourth-order valence-electron chi connectivity index (χ4n) is 3.80. The summed E-state index contributed by atoms with van der Waals surface area (Å²) in [5, 5.41) is 5.82. The number of rotatable bonds is 10. The van der Waals surface area contributed by atoms with Gasteiger partial charge in [-0.05, 0) is 43.5 Å². The van der Waals surface area contributed by atoms with Gasteiger partial charge in [0, 0.05) is 49.7 Å². The average molecular weight is 425 g/mol. The molecule has 7 nitrogen and oxygen atoms in total. The molecule has 0 radical (unpaired) electrons. The van der Waals surface area contributed by atoms with Crippen molar-refractivity contribution in [3.63, 3.8) is 0 Å². The molecule has 3 rings (SSSR count). The smallest absolute Gasteiger partial charge is 0.250 e. The first-order valence-corrected chi connectivity index (χ1v) is 11.2. The van der Waals surface area contributed by atoms with Crippen molar-refractivity contribution in [3.8, 4) is 0 Å². The Hall–Kier alpha value is -3.09. The summed E-state index contributed by atoms with van der Waals surface area (Å²) >= 11 is 0. The van der Waals surface area contributed by atoms with Crippen molar-refractivity contribution >= 4 is 23.2 Å². The lowest BCUT2D eigenvalue weighted by Gasteiger charge is -2.21. The maximum Gasteiger partial charge on any atom is 0.250 e. The van der Waals surface area contributed by atoms with Crippen LogP contribution >= 0.6 is 0 Å². The highest BCUT2D eigenvalue weighted by Gasteiger charge is 2.21. The number of unbranched alkanes of at least 4 members (excludes halogenated alkanes) is 1. The number of nitrogens with zero attached hydrogens (tertiary/aromatic N) is 2. The minimum absolute atomic E-state index is 0.143. The molecule has 2 N–H and O–H groups in total. The molecule has 1 aromatic heterocycles. The van der Waals surface area contributed by atoms with Crippen LogP contribution in [0.15, 0.2) is 53.5 Å². The monoisotopic (exact) mass is 424 g/mol. The average Bonchev–Trinajstić information content (AvgIpc) is 3.31. The summed E-state index contributed by atoms with van der Waals surface area (Å²) in [5.74, 6) is -0.449. The van der Waals surface area contributed by atoms with E-state index < -0.39 is 6.04 Å². The zero-order valence-corrected chi connectivity index (χ0v) is 18.2. The molecule has 1 unspecified atom stereocenters. The third-order valence-electron chi connectivity index (χ3n) is 5.56. The van der Waals surface area contributed by atoms with Gasteiger partial charge in [-0.3, -0.25) is 14.4 Å². The first-order chi connectivity index (χ1) is 15.1. The van der Waals surface area contributed by atoms with Crippen LogP contribution in [-0.2, 0) is 16.1 Å². The third kappa shape index (κ3) is 6.70. The highest BCUT2D eigenvalue weighted by Crippen LogP contribution is 2.23. The van der Waals surface area contributed by atoms with Crippen LogP contribution in [0, 0.1) is 0 Å². The molecule has 1 aromatic carbocycles. The second kappa shape index (κ2) is 11.3. The third-order valence-corrected chi connectivity index (χ3v) is 5.56. The molecule has 1 atom stereocenters. The Bertz CT molecular complexity index is 934. The summed E-state index contributed by atoms with van der Waals surface area (Å²) in [6.07, 6.45) is 6.53. The van der Waals surface area contributed by atoms with Gasteiger partial charge in [-0.2, -0.15) is 0 Å². The second-order valence-corrected chi connectivity index (χ2v) is 7.98. The van der Waals surface area contributed by atoms with Crippen LogP contribution in [0.5, 0.6) is 0 Å². The van der Waals surface area contributed by atoms with Crippen LogP contribution in [0.2, 0.25) is 0 Å². The number of hydrogen-bond acceptors (Lipinski definition) is 4. The number of carbonyl (C=O) groups excluding carboxylic acids is 2. The van der Waals surface area contributed by atoms with Crippen LogP contribution in [-0.4, -0.2) is 35.5 Å². The van der Waals surface area contributed by atoms with E-state index in [1.54, 1.807) is 18.3 Å². The van der Waals surface area contributed by atoms with Crippen molar-refractivity contribution in [2.45, 2.75) is 58.0 Å². The first kappa shape index (κ1) is 22.6. The molecule has 1 saturated heterocycles. The number of anilines is 2. The highest BCUT2D eigenvalue weighted by molar-refractivity contribution is 5.97. The molecule has 1 aliphatic rings. The molecule has 2 aromatic rings. The molecule has 0 saturated carbocycles. The maximum absolute atomic E-state index is 12.9. The summed E-state index contributed by atoms with van der Waals surface area (Å²) in [6, 6.07) is 12.2. The summed E-state index contributed by atoms with van der Waals surface area (Å²) in [5.41, 5.74) is 1.70. The van der Waals surface area contributed by atoms with E-state index in [2.05, 4.69) is 28.5 Å². The number of hydrogen-bond donors (Lipinski definition) is 2. The van der Waals surface area contributed by atoms with Gasteiger partial charge in [0.15, 0.2) is 0 Å². The molecule has 2 heterocycles. The topological polar surface area (TPSA) is 83.4 Å². The molecule has 31 heavy (non-hydrogen) atoms. The molecular weight excluding hydrogens is 392 g/mol. The van der Waals surface area contributed by atoms with Gasteiger partial charge < -0.3 is 20.1 Å². The van der Waals surface area contributed by atoms with Crippen molar-refractivity contribution in [1.29, 1.82) is 0 Å². The Morgan fingerprint density at radius 1 is 1.10 bits per heavy atom. The van der Waals surface area contributed by atoms with Gasteiger partial charge in [-0.25, -0.2) is 0 Å². The molecule has 0 aliphatic carbocycles. The Morgan fingerprint density at radius 3 is 2.65 bits per heavy atom. The lowest BCUT2D eigenvalue weighted by Crippen LogP contribution is -2.44. The van der Waals surface area contributed by atoms with Gasteiger partial charge in [0.1, 0.15) is 6.04 Å². The Balaban J connectivity index is 1.59. The number of benzene rings is 1. The number of aromatic nitrogens is 1. The zero-order valence-electron chi connectivity index (χ0n) is 18.2. The SMILES string of the molecule is CCCCC(NC(=O)CCn1ccccc1=O)C(=O)Nc1cccc(N2CCCC2)c1. The van der Waals surface area contributed by atoms with Crippen LogP contribution in [0.25, 0.3) is 0 Å². The van der Waals surface area contributed by atoms with Gasteiger partial charge >= 0.3 is 0 Å². The summed E-state index contributed by atoms with van der Waals surface area (Å²) in [6.45, 7) is 4.41. The predicted molar refractivity (Wildman–Crippen MR) is 123 cm³/mol. The minimum Gasteiger partial charge on any atom is -0.371 e. The maximum atomic E-state index is 12.9. The summed E-state index contributed by atoms with van der Waals surface area (Å²) in [4.78, 5) is 39.5. The van der Waals surface area contributed by atoms with Crippen molar-refractivity contribution in [1.82, 2.24) is 9.88 Å². The van der Waals surface area contributed by atoms with E-state index in [1.165, 1.54) is 23.5 Å². The molecule has 166 valence electrons. The van der Waals surface area contributed by atoms with E-state index in [9.17, 15) is 14.4 Å². The van der Waals surface area contributed by atoms with E-state index in [-0.39, 0.29) is 30.3 Å². The largest absolute Gasteiger partial charge is 0.371 e. The van der Waals surface area contributed by atoms with Gasteiger partial charge in [0.2, 0.25) is 11.8 Å². The van der Waals surface area contributed by atoms with Crippen LogP contribution in [0.1, 0.15) is 45.4 Å². The minimum atomic E-state index is -0.601. The first-order valence-electron chi connectivity index (χ1n) is 11.2. The Morgan fingerprint density at radius 2 is 1.90 bits per heavy atom. The van der Waals surface area contributed by atoms with Crippen LogP contribution in [0.4, 0.5) is 11.4 Å². The summed E-state index contributed by atoms with van der Waals surface area (Å²) in [7, 11) is 0. The zero-order chi connectivity index (χ0) is 22.1. The van der Waals surface area contributed by atoms with E-state index >= 15 is 0 Å². The molecule has 0 spiro atoms. The number of amides is 2. The van der Waals surface area contributed by atoms with Crippen molar-refractivity contribution in [2.75, 3.05) is 23.3 Å². The van der Waals surface area contributed by atoms with Gasteiger partial charge in [-0.1, -0.05) is 31.9 Å². The number of carbonyl (C=O) groups is 2. The van der Waals surface area contributed by atoms with Crippen molar-refractivity contribution < 1.29 is 9.59 Å². The van der Waals surface area contributed by atoms with Crippen molar-refractivity contribution in [2.24, 2.45) is 0 Å². The molecular formula is C24H32N4O3. The highest BCUT2D eigenvalue weighted by atomic mass is 16.2. The Kier molecular flexibility index (Phi) is 8.27. The van der Waals surface area contributed by atoms with Crippen molar-refractivity contribution in [3.05, 3.63) is 59.0 Å². The van der Waals surface area contributed by atoms with Gasteiger partial charge in [0.05, 0.1) is 0 Å². The Labute approximate surface area is 183 Å². The quantitative estimate of drug-likeness (QED) is 0.614. The van der Waals surface area contributed by atoms with Gasteiger partial charge in [0.25, 0.3) is 5.56 Å². The van der Waals surface area contributed by atoms with E-state index in [0.717, 1.165) is 37.3 Å².